The van der Waals surface area contributed by atoms with Crippen LogP contribution < -0.4 is 11.1 Å². The number of nitrogens with zero attached hydrogens (tertiary/aromatic N) is 4. The Kier molecular flexibility index (Phi) is 3.00. The molecule has 0 spiro atoms. The van der Waals surface area contributed by atoms with Gasteiger partial charge in [0.2, 0.25) is 0 Å². The lowest BCUT2D eigenvalue weighted by molar-refractivity contribution is 0.0946. The van der Waals surface area contributed by atoms with E-state index in [2.05, 4.69) is 20.5 Å². The van der Waals surface area contributed by atoms with Crippen LogP contribution in [-0.2, 0) is 6.54 Å². The molecule has 7 heteroatoms. The van der Waals surface area contributed by atoms with Gasteiger partial charge in [0, 0.05) is 12.4 Å². The van der Waals surface area contributed by atoms with Crippen LogP contribution in [0.3, 0.4) is 0 Å². The summed E-state index contributed by atoms with van der Waals surface area (Å²) in [5, 5.41) is 10.8. The number of pyridine rings is 2. The third kappa shape index (κ3) is 2.16. The normalized spacial score (nSPS) is 10.6. The number of fused-ring (bicyclic) bond motifs is 1. The van der Waals surface area contributed by atoms with E-state index in [0.29, 0.717) is 11.5 Å². The van der Waals surface area contributed by atoms with Crippen LogP contribution in [0.1, 0.15) is 16.3 Å². The fraction of sp³-hybridized carbons (Fsp3) is 0.0769. The maximum absolute atomic E-state index is 12.0. The van der Waals surface area contributed by atoms with E-state index in [-0.39, 0.29) is 18.1 Å². The summed E-state index contributed by atoms with van der Waals surface area (Å²) in [7, 11) is 0. The molecular weight excluding hydrogens is 256 g/mol. The van der Waals surface area contributed by atoms with E-state index in [1.807, 2.05) is 28.8 Å². The number of nitrogens with two attached hydrogens (primary N) is 1. The highest BCUT2D eigenvalue weighted by atomic mass is 16.1. The van der Waals surface area contributed by atoms with E-state index in [1.165, 1.54) is 6.20 Å². The minimum Gasteiger partial charge on any atom is -0.397 e. The summed E-state index contributed by atoms with van der Waals surface area (Å²) in [5.41, 5.74) is 6.99. The fourth-order valence-corrected chi connectivity index (χ4v) is 1.86. The van der Waals surface area contributed by atoms with Crippen molar-refractivity contribution in [3.05, 3.63) is 54.2 Å². The molecule has 3 heterocycles. The maximum atomic E-state index is 12.0. The molecule has 0 bridgehead atoms. The number of hydrogen-bond donors (Lipinski definition) is 2. The van der Waals surface area contributed by atoms with Gasteiger partial charge < -0.3 is 11.1 Å². The molecule has 0 aliphatic rings. The van der Waals surface area contributed by atoms with Crippen LogP contribution >= 0.6 is 0 Å². The van der Waals surface area contributed by atoms with E-state index in [9.17, 15) is 4.79 Å². The van der Waals surface area contributed by atoms with Gasteiger partial charge in [0.25, 0.3) is 5.91 Å². The third-order valence-electron chi connectivity index (χ3n) is 2.85. The molecule has 0 aromatic carbocycles. The standard InChI is InChI=1S/C13H12N6O/c14-9-4-3-6-15-12(9)13(20)16-8-11-18-17-10-5-1-2-7-19(10)11/h1-7H,8,14H2,(H,16,20). The molecule has 0 unspecified atom stereocenters. The summed E-state index contributed by atoms with van der Waals surface area (Å²) in [6.07, 6.45) is 3.36. The van der Waals surface area contributed by atoms with Crippen LogP contribution in [0.2, 0.25) is 0 Å². The number of carbonyl (C=O) groups is 1. The Balaban J connectivity index is 1.77. The first kappa shape index (κ1) is 12.1. The highest BCUT2D eigenvalue weighted by Gasteiger charge is 2.12. The topological polar surface area (TPSA) is 98.2 Å². The summed E-state index contributed by atoms with van der Waals surface area (Å²) >= 11 is 0. The van der Waals surface area contributed by atoms with Crippen LogP contribution in [0.5, 0.6) is 0 Å². The lowest BCUT2D eigenvalue weighted by Crippen LogP contribution is -2.25. The van der Waals surface area contributed by atoms with Gasteiger partial charge in [0.15, 0.2) is 17.2 Å². The van der Waals surface area contributed by atoms with Gasteiger partial charge in [-0.25, -0.2) is 4.98 Å². The Morgan fingerprint density at radius 1 is 1.25 bits per heavy atom. The van der Waals surface area contributed by atoms with Gasteiger partial charge in [0.1, 0.15) is 0 Å². The van der Waals surface area contributed by atoms with Crippen molar-refractivity contribution in [1.82, 2.24) is 24.9 Å². The predicted molar refractivity (Wildman–Crippen MR) is 72.8 cm³/mol. The van der Waals surface area contributed by atoms with Crippen molar-refractivity contribution in [3.63, 3.8) is 0 Å². The molecule has 0 saturated heterocycles. The molecular formula is C13H12N6O. The molecule has 0 aliphatic carbocycles. The average Bonchev–Trinajstić information content (AvgIpc) is 2.88. The van der Waals surface area contributed by atoms with Crippen molar-refractivity contribution in [3.8, 4) is 0 Å². The largest absolute Gasteiger partial charge is 0.397 e. The first-order chi connectivity index (χ1) is 9.75. The van der Waals surface area contributed by atoms with Crippen molar-refractivity contribution in [2.45, 2.75) is 6.54 Å². The van der Waals surface area contributed by atoms with E-state index in [1.54, 1.807) is 12.1 Å². The Bertz CT molecular complexity index is 766. The highest BCUT2D eigenvalue weighted by Crippen LogP contribution is 2.07. The zero-order valence-corrected chi connectivity index (χ0v) is 10.5. The zero-order chi connectivity index (χ0) is 13.9. The predicted octanol–water partition coefficient (Wildman–Crippen LogP) is 0.636. The number of anilines is 1. The average molecular weight is 268 g/mol. The summed E-state index contributed by atoms with van der Waals surface area (Å²) < 4.78 is 1.81. The molecule has 100 valence electrons. The van der Waals surface area contributed by atoms with Crippen LogP contribution in [0.15, 0.2) is 42.7 Å². The molecule has 20 heavy (non-hydrogen) atoms. The van der Waals surface area contributed by atoms with Crippen LogP contribution in [0.25, 0.3) is 5.65 Å². The quantitative estimate of drug-likeness (QED) is 0.726. The van der Waals surface area contributed by atoms with Crippen molar-refractivity contribution >= 4 is 17.2 Å². The van der Waals surface area contributed by atoms with Crippen molar-refractivity contribution in [2.75, 3.05) is 5.73 Å². The molecule has 3 N–H and O–H groups in total. The van der Waals surface area contributed by atoms with Crippen LogP contribution in [-0.4, -0.2) is 25.5 Å². The first-order valence-electron chi connectivity index (χ1n) is 6.03. The number of rotatable bonds is 3. The van der Waals surface area contributed by atoms with E-state index >= 15 is 0 Å². The zero-order valence-electron chi connectivity index (χ0n) is 10.5. The lowest BCUT2D eigenvalue weighted by Gasteiger charge is -2.05. The second kappa shape index (κ2) is 4.96. The van der Waals surface area contributed by atoms with Gasteiger partial charge in [-0.3, -0.25) is 9.20 Å². The minimum atomic E-state index is -0.337. The maximum Gasteiger partial charge on any atom is 0.272 e. The van der Waals surface area contributed by atoms with Gasteiger partial charge in [0.05, 0.1) is 12.2 Å². The monoisotopic (exact) mass is 268 g/mol. The summed E-state index contributed by atoms with van der Waals surface area (Å²) in [6, 6.07) is 8.90. The van der Waals surface area contributed by atoms with E-state index in [4.69, 9.17) is 5.73 Å². The number of amides is 1. The fourth-order valence-electron chi connectivity index (χ4n) is 1.86. The molecule has 3 rings (SSSR count). The lowest BCUT2D eigenvalue weighted by atomic mass is 10.3. The molecule has 0 aliphatic heterocycles. The summed E-state index contributed by atoms with van der Waals surface area (Å²) in [5.74, 6) is 0.305. The number of nitrogens with one attached hydrogen (secondary N) is 1. The highest BCUT2D eigenvalue weighted by molar-refractivity contribution is 5.96. The molecule has 3 aromatic heterocycles. The molecule has 0 fully saturated rings. The number of aromatic nitrogens is 4. The number of carbonyl (C=O) groups excluding carboxylic acids is 1. The SMILES string of the molecule is Nc1cccnc1C(=O)NCc1nnc2ccccn12. The first-order valence-corrected chi connectivity index (χ1v) is 6.03. The van der Waals surface area contributed by atoms with Gasteiger partial charge in [-0.05, 0) is 24.3 Å². The van der Waals surface area contributed by atoms with Crippen molar-refractivity contribution in [1.29, 1.82) is 0 Å². The number of nitrogen functional groups attached to an aromatic ring is 1. The van der Waals surface area contributed by atoms with Crippen LogP contribution in [0, 0.1) is 0 Å². The number of hydrogen-bond acceptors (Lipinski definition) is 5. The summed E-state index contributed by atoms with van der Waals surface area (Å²) in [6.45, 7) is 0.250. The van der Waals surface area contributed by atoms with E-state index < -0.39 is 0 Å². The van der Waals surface area contributed by atoms with Crippen molar-refractivity contribution in [2.24, 2.45) is 0 Å². The minimum absolute atomic E-state index is 0.210. The smallest absolute Gasteiger partial charge is 0.272 e. The summed E-state index contributed by atoms with van der Waals surface area (Å²) in [4.78, 5) is 15.9. The van der Waals surface area contributed by atoms with Gasteiger partial charge in [-0.2, -0.15) is 0 Å². The van der Waals surface area contributed by atoms with E-state index in [0.717, 1.165) is 5.65 Å². The van der Waals surface area contributed by atoms with Gasteiger partial charge >= 0.3 is 0 Å². The molecule has 0 atom stereocenters. The Labute approximate surface area is 114 Å². The third-order valence-corrected chi connectivity index (χ3v) is 2.85. The molecule has 0 radical (unpaired) electrons. The second-order valence-electron chi connectivity index (χ2n) is 4.17. The van der Waals surface area contributed by atoms with Crippen molar-refractivity contribution < 1.29 is 4.79 Å². The Hall–Kier alpha value is -2.96. The van der Waals surface area contributed by atoms with Crippen LogP contribution in [0.4, 0.5) is 5.69 Å². The molecule has 1 amide bonds. The molecule has 3 aromatic rings. The second-order valence-corrected chi connectivity index (χ2v) is 4.17. The Morgan fingerprint density at radius 2 is 2.15 bits per heavy atom. The van der Waals surface area contributed by atoms with Gasteiger partial charge in [-0.15, -0.1) is 10.2 Å². The molecule has 7 nitrogen and oxygen atoms in total. The molecule has 0 saturated carbocycles. The van der Waals surface area contributed by atoms with Gasteiger partial charge in [-0.1, -0.05) is 6.07 Å². The Morgan fingerprint density at radius 3 is 3.00 bits per heavy atom.